The first-order valence-corrected chi connectivity index (χ1v) is 7.67. The van der Waals surface area contributed by atoms with Crippen LogP contribution in [-0.2, 0) is 0 Å². The Kier molecular flexibility index (Phi) is 4.06. The fraction of sp³-hybridized carbons (Fsp3) is 0.231. The maximum atomic E-state index is 13.4. The molecule has 0 fully saturated rings. The second-order valence-corrected chi connectivity index (χ2v) is 7.35. The van der Waals surface area contributed by atoms with Gasteiger partial charge in [-0.1, -0.05) is 22.0 Å². The van der Waals surface area contributed by atoms with Crippen LogP contribution in [0.25, 0.3) is 0 Å². The van der Waals surface area contributed by atoms with Crippen LogP contribution >= 0.6 is 43.2 Å². The van der Waals surface area contributed by atoms with Crippen LogP contribution in [0.5, 0.6) is 0 Å². The van der Waals surface area contributed by atoms with Gasteiger partial charge in [-0.05, 0) is 64.7 Å². The molecule has 2 rings (SSSR count). The second kappa shape index (κ2) is 5.21. The summed E-state index contributed by atoms with van der Waals surface area (Å²) in [5.41, 5.74) is 3.11. The molecule has 1 aromatic carbocycles. The van der Waals surface area contributed by atoms with Crippen LogP contribution in [0.4, 0.5) is 4.39 Å². The van der Waals surface area contributed by atoms with E-state index in [0.29, 0.717) is 0 Å². The van der Waals surface area contributed by atoms with Gasteiger partial charge in [-0.3, -0.25) is 0 Å². The van der Waals surface area contributed by atoms with Crippen molar-refractivity contribution in [2.45, 2.75) is 18.7 Å². The molecule has 0 nitrogen and oxygen atoms in total. The molecular formula is C13H11Br2FS. The highest BCUT2D eigenvalue weighted by atomic mass is 79.9. The van der Waals surface area contributed by atoms with Crippen LogP contribution in [0.1, 0.15) is 26.4 Å². The average molecular weight is 378 g/mol. The molecule has 0 saturated carbocycles. The van der Waals surface area contributed by atoms with Crippen LogP contribution < -0.4 is 0 Å². The summed E-state index contributed by atoms with van der Waals surface area (Å²) in [4.78, 5) is 1.23. The first-order chi connectivity index (χ1) is 7.97. The third-order valence-corrected chi connectivity index (χ3v) is 6.01. The SMILES string of the molecule is Cc1cc(F)cc(C(Br)c2cc(C)c(Br)s2)c1. The van der Waals surface area contributed by atoms with E-state index >= 15 is 0 Å². The van der Waals surface area contributed by atoms with E-state index in [0.717, 1.165) is 14.9 Å². The summed E-state index contributed by atoms with van der Waals surface area (Å²) in [6, 6.07) is 7.24. The maximum absolute atomic E-state index is 13.4. The van der Waals surface area contributed by atoms with Gasteiger partial charge in [0.2, 0.25) is 0 Å². The van der Waals surface area contributed by atoms with Crippen molar-refractivity contribution < 1.29 is 4.39 Å². The van der Waals surface area contributed by atoms with Crippen LogP contribution in [0.2, 0.25) is 0 Å². The number of alkyl halides is 1. The molecule has 2 aromatic rings. The molecule has 1 atom stereocenters. The van der Waals surface area contributed by atoms with E-state index in [1.807, 2.05) is 13.0 Å². The highest BCUT2D eigenvalue weighted by Gasteiger charge is 2.15. The average Bonchev–Trinajstić information content (AvgIpc) is 2.57. The summed E-state index contributed by atoms with van der Waals surface area (Å²) in [6.45, 7) is 3.96. The van der Waals surface area contributed by atoms with Gasteiger partial charge in [0, 0.05) is 4.88 Å². The van der Waals surface area contributed by atoms with Gasteiger partial charge in [0.25, 0.3) is 0 Å². The Labute approximate surface area is 121 Å². The van der Waals surface area contributed by atoms with Gasteiger partial charge < -0.3 is 0 Å². The Morgan fingerprint density at radius 3 is 2.41 bits per heavy atom. The molecule has 0 radical (unpaired) electrons. The van der Waals surface area contributed by atoms with Crippen molar-refractivity contribution in [1.29, 1.82) is 0 Å². The van der Waals surface area contributed by atoms with Crippen LogP contribution in [-0.4, -0.2) is 0 Å². The number of aryl methyl sites for hydroxylation is 2. The fourth-order valence-corrected chi connectivity index (χ4v) is 3.94. The van der Waals surface area contributed by atoms with Gasteiger partial charge in [0.15, 0.2) is 0 Å². The molecule has 0 spiro atoms. The van der Waals surface area contributed by atoms with E-state index in [9.17, 15) is 4.39 Å². The van der Waals surface area contributed by atoms with Gasteiger partial charge in [-0.25, -0.2) is 4.39 Å². The summed E-state index contributed by atoms with van der Waals surface area (Å²) in [6.07, 6.45) is 0. The molecule has 0 saturated heterocycles. The normalized spacial score (nSPS) is 12.8. The quantitative estimate of drug-likeness (QED) is 0.584. The zero-order valence-corrected chi connectivity index (χ0v) is 13.4. The minimum atomic E-state index is -0.184. The molecule has 17 heavy (non-hydrogen) atoms. The predicted octanol–water partition coefficient (Wildman–Crippen LogP) is 5.75. The second-order valence-electron chi connectivity index (χ2n) is 4.03. The van der Waals surface area contributed by atoms with Gasteiger partial charge in [0.05, 0.1) is 8.61 Å². The van der Waals surface area contributed by atoms with Crippen molar-refractivity contribution >= 4 is 43.2 Å². The van der Waals surface area contributed by atoms with E-state index in [1.165, 1.54) is 10.4 Å². The highest BCUT2D eigenvalue weighted by Crippen LogP contribution is 2.39. The largest absolute Gasteiger partial charge is 0.207 e. The molecule has 0 N–H and O–H groups in total. The lowest BCUT2D eigenvalue weighted by molar-refractivity contribution is 0.624. The molecule has 0 aliphatic rings. The van der Waals surface area contributed by atoms with Crippen molar-refractivity contribution in [3.8, 4) is 0 Å². The lowest BCUT2D eigenvalue weighted by Crippen LogP contribution is -1.92. The van der Waals surface area contributed by atoms with E-state index < -0.39 is 0 Å². The molecule has 90 valence electrons. The van der Waals surface area contributed by atoms with Crippen molar-refractivity contribution in [2.24, 2.45) is 0 Å². The fourth-order valence-electron chi connectivity index (χ4n) is 1.68. The first-order valence-electron chi connectivity index (χ1n) is 5.14. The predicted molar refractivity (Wildman–Crippen MR) is 78.7 cm³/mol. The number of rotatable bonds is 2. The number of thiophene rings is 1. The monoisotopic (exact) mass is 376 g/mol. The van der Waals surface area contributed by atoms with Gasteiger partial charge in [-0.2, -0.15) is 0 Å². The number of benzene rings is 1. The van der Waals surface area contributed by atoms with Gasteiger partial charge >= 0.3 is 0 Å². The molecule has 0 amide bonds. The molecule has 1 heterocycles. The van der Waals surface area contributed by atoms with Crippen molar-refractivity contribution in [2.75, 3.05) is 0 Å². The van der Waals surface area contributed by atoms with E-state index in [4.69, 9.17) is 0 Å². The lowest BCUT2D eigenvalue weighted by Gasteiger charge is -2.09. The summed E-state index contributed by atoms with van der Waals surface area (Å²) in [5.74, 6) is -0.184. The summed E-state index contributed by atoms with van der Waals surface area (Å²) < 4.78 is 14.5. The molecule has 1 aromatic heterocycles. The van der Waals surface area contributed by atoms with E-state index in [1.54, 1.807) is 23.5 Å². The zero-order valence-electron chi connectivity index (χ0n) is 9.43. The van der Waals surface area contributed by atoms with Crippen LogP contribution in [0.15, 0.2) is 28.1 Å². The standard InChI is InChI=1S/C13H11Br2FS/c1-7-3-9(6-10(16)4-7)12(14)11-5-8(2)13(15)17-11/h3-6,12H,1-2H3. The summed E-state index contributed by atoms with van der Waals surface area (Å²) in [7, 11) is 0. The van der Waals surface area contributed by atoms with Crippen molar-refractivity contribution in [3.05, 3.63) is 55.4 Å². The maximum Gasteiger partial charge on any atom is 0.123 e. The Morgan fingerprint density at radius 1 is 1.18 bits per heavy atom. The topological polar surface area (TPSA) is 0 Å². The Bertz CT molecular complexity index is 509. The first kappa shape index (κ1) is 13.2. The Morgan fingerprint density at radius 2 is 1.88 bits per heavy atom. The van der Waals surface area contributed by atoms with E-state index in [-0.39, 0.29) is 10.6 Å². The van der Waals surface area contributed by atoms with Gasteiger partial charge in [0.1, 0.15) is 5.82 Å². The highest BCUT2D eigenvalue weighted by molar-refractivity contribution is 9.11. The number of halogens is 3. The third kappa shape index (κ3) is 2.98. The lowest BCUT2D eigenvalue weighted by atomic mass is 10.1. The molecular weight excluding hydrogens is 367 g/mol. The molecule has 0 aliphatic carbocycles. The molecule has 0 bridgehead atoms. The van der Waals surface area contributed by atoms with E-state index in [2.05, 4.69) is 44.8 Å². The Hall–Kier alpha value is -0.190. The number of hydrogen-bond donors (Lipinski definition) is 0. The van der Waals surface area contributed by atoms with Crippen molar-refractivity contribution in [1.82, 2.24) is 0 Å². The van der Waals surface area contributed by atoms with Crippen LogP contribution in [0, 0.1) is 19.7 Å². The van der Waals surface area contributed by atoms with Crippen molar-refractivity contribution in [3.63, 3.8) is 0 Å². The molecule has 4 heteroatoms. The minimum Gasteiger partial charge on any atom is -0.207 e. The van der Waals surface area contributed by atoms with Crippen LogP contribution in [0.3, 0.4) is 0 Å². The molecule has 1 unspecified atom stereocenters. The third-order valence-electron chi connectivity index (χ3n) is 2.48. The smallest absolute Gasteiger partial charge is 0.123 e. The summed E-state index contributed by atoms with van der Waals surface area (Å²) >= 11 is 8.82. The minimum absolute atomic E-state index is 0.0481. The molecule has 0 aliphatic heterocycles. The van der Waals surface area contributed by atoms with Gasteiger partial charge in [-0.15, -0.1) is 11.3 Å². The zero-order chi connectivity index (χ0) is 12.6. The number of hydrogen-bond acceptors (Lipinski definition) is 1. The Balaban J connectivity index is 2.39. The summed E-state index contributed by atoms with van der Waals surface area (Å²) in [5, 5.41) is 0.